The summed E-state index contributed by atoms with van der Waals surface area (Å²) in [6.07, 6.45) is -0.412. The van der Waals surface area contributed by atoms with Crippen LogP contribution < -0.4 is 15.8 Å². The monoisotopic (exact) mass is 543 g/mol. The molecule has 3 N–H and O–H groups in total. The SMILES string of the molecule is NC(=O)C1Nc2ccc(I)cc2C1S(=O)(=O)N1CCOC(COc2ccccc2)C1. The number of para-hydroxylation sites is 1. The summed E-state index contributed by atoms with van der Waals surface area (Å²) >= 11 is 2.12. The number of anilines is 1. The molecule has 1 fully saturated rings. The Kier molecular flexibility index (Phi) is 6.19. The van der Waals surface area contributed by atoms with Crippen LogP contribution >= 0.6 is 22.6 Å². The highest BCUT2D eigenvalue weighted by molar-refractivity contribution is 14.1. The average molecular weight is 543 g/mol. The van der Waals surface area contributed by atoms with Crippen molar-refractivity contribution in [1.82, 2.24) is 4.31 Å². The van der Waals surface area contributed by atoms with Crippen LogP contribution in [-0.2, 0) is 19.6 Å². The van der Waals surface area contributed by atoms with Crippen molar-refractivity contribution in [3.8, 4) is 5.75 Å². The van der Waals surface area contributed by atoms with Gasteiger partial charge in [-0.3, -0.25) is 4.79 Å². The van der Waals surface area contributed by atoms with Gasteiger partial charge in [-0.25, -0.2) is 8.42 Å². The summed E-state index contributed by atoms with van der Waals surface area (Å²) in [7, 11) is -3.87. The van der Waals surface area contributed by atoms with Crippen LogP contribution in [0.25, 0.3) is 0 Å². The predicted molar refractivity (Wildman–Crippen MR) is 121 cm³/mol. The van der Waals surface area contributed by atoms with Crippen molar-refractivity contribution in [1.29, 1.82) is 0 Å². The zero-order valence-corrected chi connectivity index (χ0v) is 19.0. The fraction of sp³-hybridized carbons (Fsp3) is 0.350. The second-order valence-corrected chi connectivity index (χ2v) is 10.5. The zero-order valence-electron chi connectivity index (χ0n) is 16.0. The number of nitrogens with zero attached hydrogens (tertiary/aromatic N) is 1. The number of primary amides is 1. The van der Waals surface area contributed by atoms with Gasteiger partial charge in [0.25, 0.3) is 0 Å². The fourth-order valence-corrected chi connectivity index (χ4v) is 6.37. The summed E-state index contributed by atoms with van der Waals surface area (Å²) < 4.78 is 40.9. The van der Waals surface area contributed by atoms with E-state index in [1.165, 1.54) is 4.31 Å². The number of fused-ring (bicyclic) bond motifs is 1. The number of rotatable bonds is 6. The van der Waals surface area contributed by atoms with Crippen LogP contribution in [-0.4, -0.2) is 57.1 Å². The van der Waals surface area contributed by atoms with E-state index in [-0.39, 0.29) is 26.3 Å². The molecular formula is C20H22IN3O5S. The highest BCUT2D eigenvalue weighted by Crippen LogP contribution is 2.42. The molecule has 2 aliphatic rings. The molecule has 0 bridgehead atoms. The van der Waals surface area contributed by atoms with Crippen LogP contribution in [0.4, 0.5) is 5.69 Å². The van der Waals surface area contributed by atoms with Crippen LogP contribution in [0.1, 0.15) is 10.8 Å². The van der Waals surface area contributed by atoms with E-state index < -0.39 is 33.3 Å². The molecule has 0 spiro atoms. The number of benzene rings is 2. The van der Waals surface area contributed by atoms with Gasteiger partial charge in [0.15, 0.2) is 0 Å². The Labute approximate surface area is 188 Å². The molecule has 0 saturated carbocycles. The topological polar surface area (TPSA) is 111 Å². The minimum absolute atomic E-state index is 0.149. The second-order valence-electron chi connectivity index (χ2n) is 7.20. The standard InChI is InChI=1S/C20H22IN3O5S/c21-13-6-7-17-16(10-13)19(18(23-17)20(22)25)30(26,27)24-8-9-28-15(11-24)12-29-14-4-2-1-3-5-14/h1-7,10,15,18-19,23H,8-9,11-12H2,(H2,22,25). The van der Waals surface area contributed by atoms with E-state index in [9.17, 15) is 13.2 Å². The number of hydrogen-bond acceptors (Lipinski definition) is 6. The molecule has 2 aliphatic heterocycles. The molecule has 10 heteroatoms. The van der Waals surface area contributed by atoms with Crippen molar-refractivity contribution in [3.63, 3.8) is 0 Å². The minimum Gasteiger partial charge on any atom is -0.491 e. The maximum Gasteiger partial charge on any atom is 0.241 e. The summed E-state index contributed by atoms with van der Waals surface area (Å²) in [5, 5.41) is 1.90. The molecule has 0 aromatic heterocycles. The van der Waals surface area contributed by atoms with Gasteiger partial charge in [0.05, 0.1) is 6.61 Å². The fourth-order valence-electron chi connectivity index (χ4n) is 3.77. The van der Waals surface area contributed by atoms with Crippen LogP contribution in [0, 0.1) is 3.57 Å². The smallest absolute Gasteiger partial charge is 0.241 e. The Balaban J connectivity index is 1.54. The number of halogens is 1. The Hall–Kier alpha value is -1.89. The molecule has 160 valence electrons. The van der Waals surface area contributed by atoms with Gasteiger partial charge in [0.2, 0.25) is 15.9 Å². The maximum absolute atomic E-state index is 13.6. The van der Waals surface area contributed by atoms with Crippen molar-refractivity contribution >= 4 is 44.2 Å². The number of nitrogens with one attached hydrogen (secondary N) is 1. The van der Waals surface area contributed by atoms with E-state index in [2.05, 4.69) is 27.9 Å². The van der Waals surface area contributed by atoms with E-state index in [1.807, 2.05) is 36.4 Å². The molecule has 2 aromatic rings. The van der Waals surface area contributed by atoms with E-state index in [0.717, 1.165) is 3.57 Å². The van der Waals surface area contributed by atoms with Gasteiger partial charge in [-0.05, 0) is 58.5 Å². The first-order valence-corrected chi connectivity index (χ1v) is 12.1. The average Bonchev–Trinajstić information content (AvgIpc) is 3.13. The molecule has 0 radical (unpaired) electrons. The highest BCUT2D eigenvalue weighted by Gasteiger charge is 2.48. The summed E-state index contributed by atoms with van der Waals surface area (Å²) in [4.78, 5) is 12.0. The molecule has 1 amide bonds. The quantitative estimate of drug-likeness (QED) is 0.537. The lowest BCUT2D eigenvalue weighted by atomic mass is 10.1. The summed E-state index contributed by atoms with van der Waals surface area (Å²) in [5.41, 5.74) is 6.72. The summed E-state index contributed by atoms with van der Waals surface area (Å²) in [6.45, 7) is 0.844. The van der Waals surface area contributed by atoms with E-state index in [4.69, 9.17) is 15.2 Å². The predicted octanol–water partition coefficient (Wildman–Crippen LogP) is 1.72. The number of hydrogen-bond donors (Lipinski definition) is 2. The highest BCUT2D eigenvalue weighted by atomic mass is 127. The van der Waals surface area contributed by atoms with E-state index >= 15 is 0 Å². The van der Waals surface area contributed by atoms with Crippen molar-refractivity contribution in [2.24, 2.45) is 5.73 Å². The van der Waals surface area contributed by atoms with Crippen LogP contribution in [0.5, 0.6) is 5.75 Å². The van der Waals surface area contributed by atoms with Gasteiger partial charge in [0.1, 0.15) is 29.8 Å². The van der Waals surface area contributed by atoms with Gasteiger partial charge in [-0.15, -0.1) is 0 Å². The number of nitrogens with two attached hydrogens (primary N) is 1. The molecule has 3 unspecified atom stereocenters. The molecule has 30 heavy (non-hydrogen) atoms. The van der Waals surface area contributed by atoms with Gasteiger partial charge in [-0.1, -0.05) is 18.2 Å². The van der Waals surface area contributed by atoms with Gasteiger partial charge < -0.3 is 20.5 Å². The van der Waals surface area contributed by atoms with E-state index in [0.29, 0.717) is 17.0 Å². The van der Waals surface area contributed by atoms with Crippen molar-refractivity contribution in [2.75, 3.05) is 31.6 Å². The van der Waals surface area contributed by atoms with Crippen LogP contribution in [0.2, 0.25) is 0 Å². The Morgan fingerprint density at radius 1 is 1.27 bits per heavy atom. The second kappa shape index (κ2) is 8.69. The normalized spacial score (nSPS) is 24.1. The number of carbonyl (C=O) groups is 1. The number of carbonyl (C=O) groups excluding carboxylic acids is 1. The number of sulfonamides is 1. The summed E-state index contributed by atoms with van der Waals surface area (Å²) in [5.74, 6) is -0.00891. The van der Waals surface area contributed by atoms with Gasteiger partial charge >= 0.3 is 0 Å². The Morgan fingerprint density at radius 3 is 2.77 bits per heavy atom. The number of morpholine rings is 1. The zero-order chi connectivity index (χ0) is 21.3. The third-order valence-corrected chi connectivity index (χ3v) is 8.09. The lowest BCUT2D eigenvalue weighted by Crippen LogP contribution is -2.51. The first-order valence-electron chi connectivity index (χ1n) is 9.50. The van der Waals surface area contributed by atoms with Gasteiger partial charge in [0, 0.05) is 22.3 Å². The van der Waals surface area contributed by atoms with Crippen molar-refractivity contribution in [2.45, 2.75) is 17.4 Å². The molecular weight excluding hydrogens is 521 g/mol. The molecule has 2 heterocycles. The third kappa shape index (κ3) is 4.27. The minimum atomic E-state index is -3.87. The number of amides is 1. The first-order chi connectivity index (χ1) is 14.4. The molecule has 2 aromatic carbocycles. The molecule has 3 atom stereocenters. The molecule has 8 nitrogen and oxygen atoms in total. The Bertz CT molecular complexity index is 1030. The van der Waals surface area contributed by atoms with Crippen molar-refractivity contribution < 1.29 is 22.7 Å². The van der Waals surface area contributed by atoms with Crippen molar-refractivity contribution in [3.05, 3.63) is 57.7 Å². The summed E-state index contributed by atoms with van der Waals surface area (Å²) in [6, 6.07) is 13.7. The molecule has 0 aliphatic carbocycles. The van der Waals surface area contributed by atoms with Crippen LogP contribution in [0.15, 0.2) is 48.5 Å². The maximum atomic E-state index is 13.6. The molecule has 4 rings (SSSR count). The lowest BCUT2D eigenvalue weighted by molar-refractivity contribution is -0.118. The largest absolute Gasteiger partial charge is 0.491 e. The third-order valence-electron chi connectivity index (χ3n) is 5.20. The lowest BCUT2D eigenvalue weighted by Gasteiger charge is -2.34. The first kappa shape index (κ1) is 21.3. The van der Waals surface area contributed by atoms with E-state index in [1.54, 1.807) is 12.1 Å². The Morgan fingerprint density at radius 2 is 2.03 bits per heavy atom. The van der Waals surface area contributed by atoms with Crippen LogP contribution in [0.3, 0.4) is 0 Å². The number of ether oxygens (including phenoxy) is 2. The molecule has 1 saturated heterocycles. The van der Waals surface area contributed by atoms with Gasteiger partial charge in [-0.2, -0.15) is 4.31 Å².